The third-order valence-electron chi connectivity index (χ3n) is 7.50. The van der Waals surface area contributed by atoms with Gasteiger partial charge in [0.15, 0.2) is 5.78 Å². The van der Waals surface area contributed by atoms with Gasteiger partial charge in [-0.25, -0.2) is 0 Å². The molecule has 5 rings (SSSR count). The Hall–Kier alpha value is -0.570. The second-order valence-electron chi connectivity index (χ2n) is 9.32. The van der Waals surface area contributed by atoms with E-state index in [0.717, 1.165) is 39.1 Å². The SMILES string of the molecule is CC1(N)C(=O)CC(CC2CO2)C(CC2CO2)(CC2CO2)C1(N)CC1CO1. The molecule has 0 bridgehead atoms. The van der Waals surface area contributed by atoms with E-state index in [9.17, 15) is 4.79 Å². The molecule has 26 heavy (non-hydrogen) atoms. The van der Waals surface area contributed by atoms with Crippen LogP contribution in [0.25, 0.3) is 0 Å². The smallest absolute Gasteiger partial charge is 0.154 e. The van der Waals surface area contributed by atoms with E-state index < -0.39 is 11.1 Å². The third kappa shape index (κ3) is 2.84. The molecule has 1 saturated carbocycles. The Bertz CT molecular complexity index is 581. The summed E-state index contributed by atoms with van der Waals surface area (Å²) >= 11 is 0. The average Bonchev–Trinajstić information content (AvgIpc) is 3.43. The van der Waals surface area contributed by atoms with Crippen LogP contribution in [-0.2, 0) is 23.7 Å². The zero-order valence-corrected chi connectivity index (χ0v) is 15.4. The van der Waals surface area contributed by atoms with Gasteiger partial charge in [0.2, 0.25) is 0 Å². The first-order valence-corrected chi connectivity index (χ1v) is 9.91. The summed E-state index contributed by atoms with van der Waals surface area (Å²) in [5, 5.41) is 0. The van der Waals surface area contributed by atoms with Gasteiger partial charge in [-0.15, -0.1) is 0 Å². The van der Waals surface area contributed by atoms with E-state index in [1.165, 1.54) is 0 Å². The molecule has 7 atom stereocenters. The van der Waals surface area contributed by atoms with Crippen LogP contribution in [0.2, 0.25) is 0 Å². The maximum atomic E-state index is 13.1. The molecule has 7 unspecified atom stereocenters. The molecule has 5 fully saturated rings. The second-order valence-corrected chi connectivity index (χ2v) is 9.32. The summed E-state index contributed by atoms with van der Waals surface area (Å²) in [5.74, 6) is 0.214. The number of hydrogen-bond acceptors (Lipinski definition) is 7. The molecule has 0 aromatic heterocycles. The predicted molar refractivity (Wildman–Crippen MR) is 92.5 cm³/mol. The first-order valence-electron chi connectivity index (χ1n) is 9.91. The zero-order chi connectivity index (χ0) is 18.2. The van der Waals surface area contributed by atoms with Gasteiger partial charge in [0.1, 0.15) is 0 Å². The molecule has 4 N–H and O–H groups in total. The lowest BCUT2D eigenvalue weighted by Gasteiger charge is -2.62. The number of Topliss-reactive ketones (excluding diaryl/α,β-unsaturated/α-hetero) is 1. The van der Waals surface area contributed by atoms with Crippen molar-refractivity contribution in [2.24, 2.45) is 22.8 Å². The van der Waals surface area contributed by atoms with E-state index in [-0.39, 0.29) is 41.5 Å². The topological polar surface area (TPSA) is 119 Å². The Morgan fingerprint density at radius 2 is 1.35 bits per heavy atom. The van der Waals surface area contributed by atoms with Gasteiger partial charge in [-0.05, 0) is 43.9 Å². The molecule has 0 aromatic carbocycles. The molecule has 0 spiro atoms. The first kappa shape index (κ1) is 17.5. The number of epoxide rings is 4. The Balaban J connectivity index is 1.58. The first-order chi connectivity index (χ1) is 12.3. The highest BCUT2D eigenvalue weighted by Gasteiger charge is 2.69. The Kier molecular flexibility index (Phi) is 3.85. The summed E-state index contributed by atoms with van der Waals surface area (Å²) in [6, 6.07) is 0. The van der Waals surface area contributed by atoms with Crippen LogP contribution < -0.4 is 11.5 Å². The monoisotopic (exact) mass is 366 g/mol. The summed E-state index contributed by atoms with van der Waals surface area (Å²) in [4.78, 5) is 13.1. The second kappa shape index (κ2) is 5.72. The van der Waals surface area contributed by atoms with Crippen molar-refractivity contribution in [3.05, 3.63) is 0 Å². The number of hydrogen-bond donors (Lipinski definition) is 2. The van der Waals surface area contributed by atoms with Gasteiger partial charge >= 0.3 is 0 Å². The van der Waals surface area contributed by atoms with Crippen LogP contribution in [0.3, 0.4) is 0 Å². The molecule has 4 heterocycles. The maximum absolute atomic E-state index is 13.1. The van der Waals surface area contributed by atoms with E-state index in [2.05, 4.69) is 0 Å². The van der Waals surface area contributed by atoms with E-state index in [0.29, 0.717) is 19.4 Å². The fourth-order valence-electron chi connectivity index (χ4n) is 5.52. The van der Waals surface area contributed by atoms with Gasteiger partial charge in [0, 0.05) is 12.0 Å². The lowest BCUT2D eigenvalue weighted by molar-refractivity contribution is -0.147. The lowest BCUT2D eigenvalue weighted by Crippen LogP contribution is -2.80. The van der Waals surface area contributed by atoms with Crippen molar-refractivity contribution >= 4 is 5.78 Å². The molecule has 1 aliphatic carbocycles. The van der Waals surface area contributed by atoms with Crippen LogP contribution in [0.15, 0.2) is 0 Å². The minimum absolute atomic E-state index is 0.0651. The van der Waals surface area contributed by atoms with Gasteiger partial charge in [-0.1, -0.05) is 0 Å². The van der Waals surface area contributed by atoms with E-state index >= 15 is 0 Å². The van der Waals surface area contributed by atoms with Crippen molar-refractivity contribution in [1.82, 2.24) is 0 Å². The van der Waals surface area contributed by atoms with Gasteiger partial charge < -0.3 is 30.4 Å². The molecular formula is C19H30N2O5. The Morgan fingerprint density at radius 1 is 0.885 bits per heavy atom. The minimum Gasteiger partial charge on any atom is -0.373 e. The zero-order valence-electron chi connectivity index (χ0n) is 15.4. The molecule has 7 nitrogen and oxygen atoms in total. The average molecular weight is 366 g/mol. The molecule has 5 aliphatic rings. The number of carbonyl (C=O) groups is 1. The summed E-state index contributed by atoms with van der Waals surface area (Å²) in [5.41, 5.74) is 11.7. The summed E-state index contributed by atoms with van der Waals surface area (Å²) in [7, 11) is 0. The van der Waals surface area contributed by atoms with Gasteiger partial charge in [0.25, 0.3) is 0 Å². The van der Waals surface area contributed by atoms with Crippen molar-refractivity contribution in [1.29, 1.82) is 0 Å². The number of ketones is 1. The number of ether oxygens (including phenoxy) is 4. The van der Waals surface area contributed by atoms with E-state index in [1.54, 1.807) is 0 Å². The summed E-state index contributed by atoms with van der Waals surface area (Å²) < 4.78 is 22.3. The van der Waals surface area contributed by atoms with Crippen LogP contribution in [0.5, 0.6) is 0 Å². The van der Waals surface area contributed by atoms with Crippen molar-refractivity contribution in [3.63, 3.8) is 0 Å². The number of carbonyl (C=O) groups excluding carboxylic acids is 1. The van der Waals surface area contributed by atoms with Crippen LogP contribution >= 0.6 is 0 Å². The van der Waals surface area contributed by atoms with Crippen molar-refractivity contribution in [2.75, 3.05) is 26.4 Å². The fourth-order valence-corrected chi connectivity index (χ4v) is 5.52. The molecular weight excluding hydrogens is 336 g/mol. The molecule has 4 aliphatic heterocycles. The quantitative estimate of drug-likeness (QED) is 0.586. The van der Waals surface area contributed by atoms with Gasteiger partial charge in [-0.2, -0.15) is 0 Å². The molecule has 7 heteroatoms. The predicted octanol–water partition coefficient (Wildman–Crippen LogP) is 0.132. The van der Waals surface area contributed by atoms with Crippen LogP contribution in [-0.4, -0.2) is 67.7 Å². The fraction of sp³-hybridized carbons (Fsp3) is 0.947. The molecule has 0 radical (unpaired) electrons. The summed E-state index contributed by atoms with van der Waals surface area (Å²) in [6.45, 7) is 4.85. The summed E-state index contributed by atoms with van der Waals surface area (Å²) in [6.07, 6.45) is 4.41. The van der Waals surface area contributed by atoms with Crippen LogP contribution in [0.4, 0.5) is 0 Å². The van der Waals surface area contributed by atoms with Crippen molar-refractivity contribution in [3.8, 4) is 0 Å². The van der Waals surface area contributed by atoms with Crippen molar-refractivity contribution < 1.29 is 23.7 Å². The lowest BCUT2D eigenvalue weighted by atomic mass is 9.45. The van der Waals surface area contributed by atoms with Crippen molar-refractivity contribution in [2.45, 2.75) is 74.5 Å². The largest absolute Gasteiger partial charge is 0.373 e. The third-order valence-corrected chi connectivity index (χ3v) is 7.50. The van der Waals surface area contributed by atoms with Crippen LogP contribution in [0.1, 0.15) is 39.0 Å². The van der Waals surface area contributed by atoms with Gasteiger partial charge in [-0.3, -0.25) is 4.79 Å². The maximum Gasteiger partial charge on any atom is 0.154 e. The van der Waals surface area contributed by atoms with Gasteiger partial charge in [0.05, 0.1) is 56.4 Å². The highest BCUT2D eigenvalue weighted by atomic mass is 16.6. The molecule has 146 valence electrons. The molecule has 0 aromatic rings. The Labute approximate surface area is 154 Å². The highest BCUT2D eigenvalue weighted by molar-refractivity contribution is 5.91. The standard InChI is InChI=1S/C19H30N2O5/c1-17(20)16(22)3-11(2-12-7-23-12)18(4-13-8-24-13,5-14-9-25-14)19(17,21)6-15-10-26-15/h11-15H,2-10,20-21H2,1H3. The highest BCUT2D eigenvalue weighted by Crippen LogP contribution is 2.60. The number of nitrogens with two attached hydrogens (primary N) is 2. The normalized spacial score (nSPS) is 54.9. The van der Waals surface area contributed by atoms with E-state index in [4.69, 9.17) is 30.4 Å². The molecule has 4 saturated heterocycles. The van der Waals surface area contributed by atoms with Crippen LogP contribution in [0, 0.1) is 11.3 Å². The molecule has 0 amide bonds. The van der Waals surface area contributed by atoms with E-state index in [1.807, 2.05) is 6.92 Å². The Morgan fingerprint density at radius 3 is 1.81 bits per heavy atom. The minimum atomic E-state index is -1.08. The number of rotatable bonds is 8.